The number of amides is 3. The highest BCUT2D eigenvalue weighted by Gasteiger charge is 2.27. The van der Waals surface area contributed by atoms with Gasteiger partial charge in [-0.25, -0.2) is 4.79 Å². The fraction of sp³-hybridized carbons (Fsp3) is 0.556. The van der Waals surface area contributed by atoms with Crippen LogP contribution in [0.25, 0.3) is 0 Å². The van der Waals surface area contributed by atoms with Gasteiger partial charge in [-0.1, -0.05) is 41.4 Å². The van der Waals surface area contributed by atoms with Crippen molar-refractivity contribution >= 4 is 45.2 Å². The van der Waals surface area contributed by atoms with Gasteiger partial charge < -0.3 is 15.5 Å². The average Bonchev–Trinajstić information content (AvgIpc) is 2.59. The number of anilines is 1. The van der Waals surface area contributed by atoms with Gasteiger partial charge in [0, 0.05) is 29.5 Å². The summed E-state index contributed by atoms with van der Waals surface area (Å²) in [4.78, 5) is 26.5. The standard InChI is InChI=1S/C18H25BrClN3O2/c1-3-12(4-2)17(24)23-9-7-14(8-10-23)21-18(25)22-16-6-5-13(19)11-15(16)20/h5-6,11-12,14H,3-4,7-10H2,1-2H3,(H2,21,22,25). The summed E-state index contributed by atoms with van der Waals surface area (Å²) in [7, 11) is 0. The lowest BCUT2D eigenvalue weighted by atomic mass is 9.98. The molecule has 0 bridgehead atoms. The lowest BCUT2D eigenvalue weighted by molar-refractivity contribution is -0.136. The highest BCUT2D eigenvalue weighted by Crippen LogP contribution is 2.25. The van der Waals surface area contributed by atoms with Gasteiger partial charge in [-0.15, -0.1) is 0 Å². The minimum Gasteiger partial charge on any atom is -0.342 e. The number of hydrogen-bond acceptors (Lipinski definition) is 2. The Morgan fingerprint density at radius 2 is 1.92 bits per heavy atom. The summed E-state index contributed by atoms with van der Waals surface area (Å²) in [5, 5.41) is 6.22. The summed E-state index contributed by atoms with van der Waals surface area (Å²) in [5.74, 6) is 0.363. The molecule has 2 N–H and O–H groups in total. The van der Waals surface area contributed by atoms with E-state index in [2.05, 4.69) is 40.4 Å². The molecule has 0 aromatic heterocycles. The second-order valence-electron chi connectivity index (χ2n) is 6.34. The maximum atomic E-state index is 12.4. The molecule has 1 aliphatic rings. The Hall–Kier alpha value is -1.27. The number of nitrogens with zero attached hydrogens (tertiary/aromatic N) is 1. The molecule has 1 aromatic rings. The normalized spacial score (nSPS) is 15.3. The Morgan fingerprint density at radius 3 is 2.48 bits per heavy atom. The number of benzene rings is 1. The first kappa shape index (κ1) is 20.0. The maximum Gasteiger partial charge on any atom is 0.319 e. The molecule has 0 saturated carbocycles. The smallest absolute Gasteiger partial charge is 0.319 e. The number of carbonyl (C=O) groups excluding carboxylic acids is 2. The minimum atomic E-state index is -0.269. The van der Waals surface area contributed by atoms with E-state index in [1.807, 2.05) is 11.0 Å². The van der Waals surface area contributed by atoms with Crippen molar-refractivity contribution in [2.45, 2.75) is 45.6 Å². The molecule has 1 aliphatic heterocycles. The van der Waals surface area contributed by atoms with E-state index in [1.54, 1.807) is 12.1 Å². The second-order valence-corrected chi connectivity index (χ2v) is 7.66. The number of likely N-dealkylation sites (tertiary alicyclic amines) is 1. The van der Waals surface area contributed by atoms with Crippen molar-refractivity contribution < 1.29 is 9.59 Å². The molecule has 0 aliphatic carbocycles. The van der Waals surface area contributed by atoms with E-state index in [1.165, 1.54) is 0 Å². The lowest BCUT2D eigenvalue weighted by Crippen LogP contribution is -2.48. The molecule has 1 heterocycles. The van der Waals surface area contributed by atoms with Crippen molar-refractivity contribution in [1.82, 2.24) is 10.2 Å². The largest absolute Gasteiger partial charge is 0.342 e. The molecule has 25 heavy (non-hydrogen) atoms. The summed E-state index contributed by atoms with van der Waals surface area (Å²) in [6.07, 6.45) is 3.30. The van der Waals surface area contributed by atoms with Crippen molar-refractivity contribution in [1.29, 1.82) is 0 Å². The van der Waals surface area contributed by atoms with Crippen LogP contribution in [-0.4, -0.2) is 36.0 Å². The molecule has 0 unspecified atom stereocenters. The zero-order chi connectivity index (χ0) is 18.4. The molecule has 1 saturated heterocycles. The van der Waals surface area contributed by atoms with E-state index in [0.717, 1.165) is 30.2 Å². The number of nitrogens with one attached hydrogen (secondary N) is 2. The molecular formula is C18H25BrClN3O2. The van der Waals surface area contributed by atoms with Gasteiger partial charge in [0.15, 0.2) is 0 Å². The molecular weight excluding hydrogens is 406 g/mol. The molecule has 5 nitrogen and oxygen atoms in total. The van der Waals surface area contributed by atoms with Gasteiger partial charge >= 0.3 is 6.03 Å². The minimum absolute atomic E-state index is 0.0694. The number of carbonyl (C=O) groups is 2. The van der Waals surface area contributed by atoms with E-state index >= 15 is 0 Å². The molecule has 0 radical (unpaired) electrons. The van der Waals surface area contributed by atoms with E-state index in [4.69, 9.17) is 11.6 Å². The van der Waals surface area contributed by atoms with Gasteiger partial charge in [-0.2, -0.15) is 0 Å². The molecule has 3 amide bonds. The summed E-state index contributed by atoms with van der Waals surface area (Å²) < 4.78 is 0.859. The van der Waals surface area contributed by atoms with Gasteiger partial charge in [0.2, 0.25) is 5.91 Å². The first-order valence-corrected chi connectivity index (χ1v) is 9.93. The maximum absolute atomic E-state index is 12.4. The molecule has 2 rings (SSSR count). The number of rotatable bonds is 5. The molecule has 0 spiro atoms. The van der Waals surface area contributed by atoms with Crippen LogP contribution in [0.5, 0.6) is 0 Å². The van der Waals surface area contributed by atoms with Crippen molar-refractivity contribution in [2.24, 2.45) is 5.92 Å². The third-order valence-electron chi connectivity index (χ3n) is 4.66. The number of halogens is 2. The van der Waals surface area contributed by atoms with E-state index in [9.17, 15) is 9.59 Å². The second kappa shape index (κ2) is 9.43. The van der Waals surface area contributed by atoms with Crippen molar-refractivity contribution in [3.63, 3.8) is 0 Å². The first-order chi connectivity index (χ1) is 11.9. The van der Waals surface area contributed by atoms with E-state index in [0.29, 0.717) is 23.8 Å². The topological polar surface area (TPSA) is 61.4 Å². The van der Waals surface area contributed by atoms with E-state index in [-0.39, 0.29) is 23.9 Å². The molecule has 7 heteroatoms. The molecule has 1 aromatic carbocycles. The summed E-state index contributed by atoms with van der Waals surface area (Å²) in [6, 6.07) is 5.11. The Morgan fingerprint density at radius 1 is 1.28 bits per heavy atom. The van der Waals surface area contributed by atoms with Crippen LogP contribution in [0.1, 0.15) is 39.5 Å². The predicted molar refractivity (Wildman–Crippen MR) is 105 cm³/mol. The first-order valence-electron chi connectivity index (χ1n) is 8.75. The number of hydrogen-bond donors (Lipinski definition) is 2. The lowest BCUT2D eigenvalue weighted by Gasteiger charge is -2.34. The van der Waals surface area contributed by atoms with Gasteiger partial charge in [-0.3, -0.25) is 4.79 Å². The highest BCUT2D eigenvalue weighted by molar-refractivity contribution is 9.10. The van der Waals surface area contributed by atoms with Crippen LogP contribution in [-0.2, 0) is 4.79 Å². The fourth-order valence-corrected chi connectivity index (χ4v) is 3.80. The molecule has 1 fully saturated rings. The quantitative estimate of drug-likeness (QED) is 0.714. The summed E-state index contributed by atoms with van der Waals surface area (Å²) in [5.41, 5.74) is 0.573. The van der Waals surface area contributed by atoms with E-state index < -0.39 is 0 Å². The third-order valence-corrected chi connectivity index (χ3v) is 5.46. The van der Waals surface area contributed by atoms with Crippen LogP contribution in [0.2, 0.25) is 5.02 Å². The van der Waals surface area contributed by atoms with Gasteiger partial charge in [0.05, 0.1) is 10.7 Å². The van der Waals surface area contributed by atoms with Crippen LogP contribution in [0.4, 0.5) is 10.5 Å². The SMILES string of the molecule is CCC(CC)C(=O)N1CCC(NC(=O)Nc2ccc(Br)cc2Cl)CC1. The van der Waals surface area contributed by atoms with Crippen LogP contribution >= 0.6 is 27.5 Å². The average molecular weight is 431 g/mol. The predicted octanol–water partition coefficient (Wildman–Crippen LogP) is 4.65. The summed E-state index contributed by atoms with van der Waals surface area (Å²) in [6.45, 7) is 5.49. The van der Waals surface area contributed by atoms with Gasteiger partial charge in [-0.05, 0) is 43.9 Å². The molecule has 0 atom stereocenters. The van der Waals surface area contributed by atoms with Crippen LogP contribution in [0.3, 0.4) is 0 Å². The fourth-order valence-electron chi connectivity index (χ4n) is 3.07. The third kappa shape index (κ3) is 5.61. The van der Waals surface area contributed by atoms with Crippen molar-refractivity contribution in [2.75, 3.05) is 18.4 Å². The Labute approximate surface area is 162 Å². The van der Waals surface area contributed by atoms with Crippen LogP contribution < -0.4 is 10.6 Å². The zero-order valence-corrected chi connectivity index (χ0v) is 17.0. The number of piperidine rings is 1. The zero-order valence-electron chi connectivity index (χ0n) is 14.6. The summed E-state index contributed by atoms with van der Waals surface area (Å²) >= 11 is 9.45. The van der Waals surface area contributed by atoms with Crippen molar-refractivity contribution in [3.05, 3.63) is 27.7 Å². The Kier molecular flexibility index (Phi) is 7.56. The van der Waals surface area contributed by atoms with Crippen LogP contribution in [0.15, 0.2) is 22.7 Å². The van der Waals surface area contributed by atoms with Gasteiger partial charge in [0.25, 0.3) is 0 Å². The monoisotopic (exact) mass is 429 g/mol. The highest BCUT2D eigenvalue weighted by atomic mass is 79.9. The van der Waals surface area contributed by atoms with Crippen molar-refractivity contribution in [3.8, 4) is 0 Å². The Bertz CT molecular complexity index is 614. The van der Waals surface area contributed by atoms with Gasteiger partial charge in [0.1, 0.15) is 0 Å². The number of urea groups is 1. The Balaban J connectivity index is 1.81. The van der Waals surface area contributed by atoms with Crippen LogP contribution in [0, 0.1) is 5.92 Å². The molecule has 138 valence electrons.